The lowest BCUT2D eigenvalue weighted by Gasteiger charge is -2.31. The molecule has 2 rings (SSSR count). The van der Waals surface area contributed by atoms with Gasteiger partial charge < -0.3 is 15.0 Å². The van der Waals surface area contributed by atoms with E-state index in [0.717, 1.165) is 21.2 Å². The summed E-state index contributed by atoms with van der Waals surface area (Å²) in [5.41, 5.74) is 2.75. The van der Waals surface area contributed by atoms with Crippen LogP contribution in [0.15, 0.2) is 40.9 Å². The fourth-order valence-corrected chi connectivity index (χ4v) is 3.53. The molecule has 2 amide bonds. The quantitative estimate of drug-likeness (QED) is 0.540. The second-order valence-corrected chi connectivity index (χ2v) is 8.69. The number of hydrogen-bond donors (Lipinski definition) is 1. The molecule has 0 aromatic heterocycles. The third-order valence-corrected chi connectivity index (χ3v) is 6.11. The van der Waals surface area contributed by atoms with Crippen molar-refractivity contribution in [2.45, 2.75) is 59.7 Å². The van der Waals surface area contributed by atoms with E-state index < -0.39 is 6.04 Å². The second kappa shape index (κ2) is 11.3. The van der Waals surface area contributed by atoms with Crippen molar-refractivity contribution in [2.75, 3.05) is 6.61 Å². The second-order valence-electron chi connectivity index (χ2n) is 7.90. The van der Waals surface area contributed by atoms with Crippen LogP contribution < -0.4 is 10.1 Å². The van der Waals surface area contributed by atoms with Gasteiger partial charge in [0.15, 0.2) is 6.61 Å². The number of ether oxygens (including phenoxy) is 1. The Morgan fingerprint density at radius 1 is 1.13 bits per heavy atom. The Kier molecular flexibility index (Phi) is 9.04. The van der Waals surface area contributed by atoms with E-state index >= 15 is 0 Å². The highest BCUT2D eigenvalue weighted by Gasteiger charge is 2.29. The van der Waals surface area contributed by atoms with Crippen molar-refractivity contribution in [3.63, 3.8) is 0 Å². The summed E-state index contributed by atoms with van der Waals surface area (Å²) in [6.07, 6.45) is 0.446. The Morgan fingerprint density at radius 3 is 2.23 bits per heavy atom. The maximum absolute atomic E-state index is 13.3. The van der Waals surface area contributed by atoms with Crippen LogP contribution in [0.5, 0.6) is 5.75 Å². The topological polar surface area (TPSA) is 58.6 Å². The van der Waals surface area contributed by atoms with Crippen LogP contribution in [-0.2, 0) is 16.1 Å². The van der Waals surface area contributed by atoms with E-state index in [0.29, 0.717) is 12.2 Å². The molecule has 7 heteroatoms. The monoisotopic (exact) mass is 492 g/mol. The molecule has 2 aromatic rings. The summed E-state index contributed by atoms with van der Waals surface area (Å²) in [5, 5.41) is 2.88. The fourth-order valence-electron chi connectivity index (χ4n) is 3.30. The van der Waals surface area contributed by atoms with Crippen molar-refractivity contribution in [1.29, 1.82) is 0 Å². The third kappa shape index (κ3) is 7.06. The highest BCUT2D eigenvalue weighted by Crippen LogP contribution is 2.26. The van der Waals surface area contributed by atoms with Crippen LogP contribution in [-0.4, -0.2) is 35.4 Å². The van der Waals surface area contributed by atoms with Crippen molar-refractivity contribution in [3.8, 4) is 5.75 Å². The van der Waals surface area contributed by atoms with Crippen LogP contribution in [0.3, 0.4) is 0 Å². The fraction of sp³-hybridized carbons (Fsp3) is 0.417. The average molecular weight is 493 g/mol. The van der Waals surface area contributed by atoms with E-state index in [1.165, 1.54) is 17.0 Å². The summed E-state index contributed by atoms with van der Waals surface area (Å²) in [7, 11) is 0. The number of amides is 2. The molecular formula is C24H30BrFN2O3. The maximum atomic E-state index is 13.3. The van der Waals surface area contributed by atoms with Gasteiger partial charge in [0.05, 0.1) is 0 Å². The molecule has 0 spiro atoms. The lowest BCUT2D eigenvalue weighted by Crippen LogP contribution is -2.51. The minimum atomic E-state index is -0.656. The Balaban J connectivity index is 2.23. The average Bonchev–Trinajstić information content (AvgIpc) is 2.70. The first-order chi connectivity index (χ1) is 14.6. The predicted octanol–water partition coefficient (Wildman–Crippen LogP) is 4.92. The number of benzene rings is 2. The summed E-state index contributed by atoms with van der Waals surface area (Å²) in [6, 6.07) is 8.94. The molecule has 0 heterocycles. The van der Waals surface area contributed by atoms with Crippen LogP contribution >= 0.6 is 15.9 Å². The molecule has 0 aliphatic heterocycles. The van der Waals surface area contributed by atoms with Gasteiger partial charge in [-0.05, 0) is 75.1 Å². The number of rotatable bonds is 9. The van der Waals surface area contributed by atoms with Gasteiger partial charge in [0.1, 0.15) is 17.6 Å². The van der Waals surface area contributed by atoms with Gasteiger partial charge in [-0.25, -0.2) is 4.39 Å². The molecule has 168 valence electrons. The molecule has 1 N–H and O–H groups in total. The van der Waals surface area contributed by atoms with E-state index in [1.807, 2.05) is 46.8 Å². The Hall–Kier alpha value is -2.41. The maximum Gasteiger partial charge on any atom is 0.261 e. The van der Waals surface area contributed by atoms with Crippen LogP contribution in [0, 0.1) is 19.7 Å². The first kappa shape index (κ1) is 24.9. The normalized spacial score (nSPS) is 11.9. The van der Waals surface area contributed by atoms with E-state index in [-0.39, 0.29) is 36.8 Å². The number of nitrogens with zero attached hydrogens (tertiary/aromatic N) is 1. The number of halogens is 2. The highest BCUT2D eigenvalue weighted by atomic mass is 79.9. The molecule has 0 saturated heterocycles. The van der Waals surface area contributed by atoms with Crippen molar-refractivity contribution in [2.24, 2.45) is 0 Å². The van der Waals surface area contributed by atoms with E-state index in [9.17, 15) is 14.0 Å². The molecular weight excluding hydrogens is 463 g/mol. The molecule has 0 fully saturated rings. The summed E-state index contributed by atoms with van der Waals surface area (Å²) >= 11 is 3.52. The van der Waals surface area contributed by atoms with Crippen molar-refractivity contribution < 1.29 is 18.7 Å². The molecule has 5 nitrogen and oxygen atoms in total. The van der Waals surface area contributed by atoms with Gasteiger partial charge in [0.2, 0.25) is 5.91 Å². The van der Waals surface area contributed by atoms with Crippen molar-refractivity contribution >= 4 is 27.7 Å². The molecule has 0 unspecified atom stereocenters. The smallest absolute Gasteiger partial charge is 0.261 e. The van der Waals surface area contributed by atoms with Crippen LogP contribution in [0.4, 0.5) is 4.39 Å². The molecule has 1 atom stereocenters. The standard InChI is InChI=1S/C24H30BrFN2O3/c1-6-21(24(30)27-15(2)3)28(13-18-7-9-19(26)10-8-18)22(29)14-31-20-11-16(4)23(25)17(5)12-20/h7-12,15,21H,6,13-14H2,1-5H3,(H,27,30)/t21-/m0/s1. The van der Waals surface area contributed by atoms with E-state index in [1.54, 1.807) is 12.1 Å². The number of carbonyl (C=O) groups excluding carboxylic acids is 2. The SMILES string of the molecule is CC[C@@H](C(=O)NC(C)C)N(Cc1ccc(F)cc1)C(=O)COc1cc(C)c(Br)c(C)c1. The van der Waals surface area contributed by atoms with Gasteiger partial charge in [-0.3, -0.25) is 9.59 Å². The minimum absolute atomic E-state index is 0.0470. The molecule has 0 aliphatic carbocycles. The van der Waals surface area contributed by atoms with Crippen molar-refractivity contribution in [3.05, 3.63) is 63.4 Å². The van der Waals surface area contributed by atoms with Crippen LogP contribution in [0.25, 0.3) is 0 Å². The number of nitrogens with one attached hydrogen (secondary N) is 1. The highest BCUT2D eigenvalue weighted by molar-refractivity contribution is 9.10. The lowest BCUT2D eigenvalue weighted by molar-refractivity contribution is -0.143. The van der Waals surface area contributed by atoms with Gasteiger partial charge >= 0.3 is 0 Å². The molecule has 0 radical (unpaired) electrons. The summed E-state index contributed by atoms with van der Waals surface area (Å²) in [6.45, 7) is 9.50. The molecule has 31 heavy (non-hydrogen) atoms. The summed E-state index contributed by atoms with van der Waals surface area (Å²) < 4.78 is 20.1. The molecule has 0 saturated carbocycles. The first-order valence-electron chi connectivity index (χ1n) is 10.4. The van der Waals surface area contributed by atoms with Crippen molar-refractivity contribution in [1.82, 2.24) is 10.2 Å². The Morgan fingerprint density at radius 2 is 1.71 bits per heavy atom. The van der Waals surface area contributed by atoms with E-state index in [2.05, 4.69) is 21.2 Å². The van der Waals surface area contributed by atoms with E-state index in [4.69, 9.17) is 4.74 Å². The summed E-state index contributed by atoms with van der Waals surface area (Å²) in [5.74, 6) is -0.292. The number of aryl methyl sites for hydroxylation is 2. The third-order valence-electron chi connectivity index (χ3n) is 4.86. The predicted molar refractivity (Wildman–Crippen MR) is 123 cm³/mol. The molecule has 0 bridgehead atoms. The molecule has 0 aliphatic rings. The van der Waals surface area contributed by atoms with Gasteiger partial charge in [0.25, 0.3) is 5.91 Å². The zero-order chi connectivity index (χ0) is 23.1. The molecule has 2 aromatic carbocycles. The minimum Gasteiger partial charge on any atom is -0.484 e. The largest absolute Gasteiger partial charge is 0.484 e. The lowest BCUT2D eigenvalue weighted by atomic mass is 10.1. The Bertz CT molecular complexity index is 893. The van der Waals surface area contributed by atoms with Crippen LogP contribution in [0.2, 0.25) is 0 Å². The number of carbonyl (C=O) groups is 2. The van der Waals surface area contributed by atoms with Gasteiger partial charge in [-0.1, -0.05) is 35.0 Å². The zero-order valence-corrected chi connectivity index (χ0v) is 20.3. The zero-order valence-electron chi connectivity index (χ0n) is 18.7. The number of hydrogen-bond acceptors (Lipinski definition) is 3. The van der Waals surface area contributed by atoms with Gasteiger partial charge in [-0.15, -0.1) is 0 Å². The first-order valence-corrected chi connectivity index (χ1v) is 11.2. The van der Waals surface area contributed by atoms with Crippen LogP contribution in [0.1, 0.15) is 43.9 Å². The van der Waals surface area contributed by atoms with Gasteiger partial charge in [0, 0.05) is 17.1 Å². The van der Waals surface area contributed by atoms with Gasteiger partial charge in [-0.2, -0.15) is 0 Å². The summed E-state index contributed by atoms with van der Waals surface area (Å²) in [4.78, 5) is 27.4. The Labute approximate surface area is 192 Å².